The fourth-order valence-corrected chi connectivity index (χ4v) is 2.09. The molecule has 0 saturated heterocycles. The number of carboxylic acid groups (broad SMARTS) is 1. The van der Waals surface area contributed by atoms with Gasteiger partial charge in [-0.2, -0.15) is 0 Å². The average molecular weight is 221 g/mol. The smallest absolute Gasteiger partial charge is 0.305 e. The highest BCUT2D eigenvalue weighted by Crippen LogP contribution is 2.33. The minimum atomic E-state index is -0.786. The van der Waals surface area contributed by atoms with E-state index in [0.29, 0.717) is 6.61 Å². The fraction of sp³-hybridized carbons (Fsp3) is 0.417. The van der Waals surface area contributed by atoms with E-state index in [4.69, 9.17) is 9.84 Å². The van der Waals surface area contributed by atoms with Gasteiger partial charge in [0, 0.05) is 6.54 Å². The standard InChI is InChI=1S/C12H15NO3/c1-2-13-9(7-12(14)15)8-16-11-6-4-3-5-10(11)13/h3-6,9H,2,7-8H2,1H3,(H,14,15). The molecule has 1 aliphatic heterocycles. The number of carbonyl (C=O) groups is 1. The van der Waals surface area contributed by atoms with E-state index in [0.717, 1.165) is 18.0 Å². The Hall–Kier alpha value is -1.71. The van der Waals surface area contributed by atoms with Crippen molar-refractivity contribution in [2.75, 3.05) is 18.1 Å². The maximum absolute atomic E-state index is 10.8. The van der Waals surface area contributed by atoms with Crippen LogP contribution in [-0.4, -0.2) is 30.3 Å². The Kier molecular flexibility index (Phi) is 2.99. The van der Waals surface area contributed by atoms with Crippen molar-refractivity contribution < 1.29 is 14.6 Å². The predicted octanol–water partition coefficient (Wildman–Crippen LogP) is 1.75. The van der Waals surface area contributed by atoms with Crippen molar-refractivity contribution >= 4 is 11.7 Å². The van der Waals surface area contributed by atoms with E-state index in [1.54, 1.807) is 0 Å². The van der Waals surface area contributed by atoms with Crippen molar-refractivity contribution in [1.29, 1.82) is 0 Å². The van der Waals surface area contributed by atoms with E-state index in [1.807, 2.05) is 31.2 Å². The Bertz CT molecular complexity index is 392. The molecule has 1 heterocycles. The first-order chi connectivity index (χ1) is 7.72. The number of fused-ring (bicyclic) bond motifs is 1. The number of hydrogen-bond acceptors (Lipinski definition) is 3. The molecule has 0 amide bonds. The number of ether oxygens (including phenoxy) is 1. The molecule has 0 aliphatic carbocycles. The predicted molar refractivity (Wildman–Crippen MR) is 61.0 cm³/mol. The summed E-state index contributed by atoms with van der Waals surface area (Å²) in [4.78, 5) is 12.8. The summed E-state index contributed by atoms with van der Waals surface area (Å²) in [6.45, 7) is 3.26. The van der Waals surface area contributed by atoms with E-state index in [9.17, 15) is 4.79 Å². The molecule has 16 heavy (non-hydrogen) atoms. The second-order valence-corrected chi connectivity index (χ2v) is 3.82. The van der Waals surface area contributed by atoms with Gasteiger partial charge in [-0.1, -0.05) is 12.1 Å². The number of rotatable bonds is 3. The van der Waals surface area contributed by atoms with Gasteiger partial charge in [-0.25, -0.2) is 0 Å². The summed E-state index contributed by atoms with van der Waals surface area (Å²) in [6.07, 6.45) is 0.113. The molecule has 1 unspecified atom stereocenters. The average Bonchev–Trinajstić information content (AvgIpc) is 2.28. The summed E-state index contributed by atoms with van der Waals surface area (Å²) < 4.78 is 5.56. The van der Waals surface area contributed by atoms with Crippen LogP contribution in [0.5, 0.6) is 5.75 Å². The molecule has 86 valence electrons. The van der Waals surface area contributed by atoms with Crippen LogP contribution in [-0.2, 0) is 4.79 Å². The summed E-state index contributed by atoms with van der Waals surface area (Å²) in [5, 5.41) is 8.84. The summed E-state index contributed by atoms with van der Waals surface area (Å²) in [7, 11) is 0. The number of benzene rings is 1. The summed E-state index contributed by atoms with van der Waals surface area (Å²) in [5.41, 5.74) is 0.988. The Balaban J connectivity index is 2.26. The second kappa shape index (κ2) is 4.43. The normalized spacial score (nSPS) is 18.8. The van der Waals surface area contributed by atoms with Gasteiger partial charge in [0.15, 0.2) is 0 Å². The van der Waals surface area contributed by atoms with Gasteiger partial charge in [-0.05, 0) is 19.1 Å². The van der Waals surface area contributed by atoms with Gasteiger partial charge in [0.2, 0.25) is 0 Å². The van der Waals surface area contributed by atoms with Gasteiger partial charge in [0.25, 0.3) is 0 Å². The molecule has 0 fully saturated rings. The molecule has 0 radical (unpaired) electrons. The molecule has 4 nitrogen and oxygen atoms in total. The van der Waals surface area contributed by atoms with Crippen molar-refractivity contribution in [1.82, 2.24) is 0 Å². The van der Waals surface area contributed by atoms with Crippen LogP contribution in [0.2, 0.25) is 0 Å². The lowest BCUT2D eigenvalue weighted by Gasteiger charge is -2.37. The molecule has 0 saturated carbocycles. The second-order valence-electron chi connectivity index (χ2n) is 3.82. The number of para-hydroxylation sites is 2. The van der Waals surface area contributed by atoms with Crippen LogP contribution >= 0.6 is 0 Å². The van der Waals surface area contributed by atoms with E-state index in [2.05, 4.69) is 4.90 Å². The van der Waals surface area contributed by atoms with Crippen molar-refractivity contribution in [2.45, 2.75) is 19.4 Å². The first-order valence-electron chi connectivity index (χ1n) is 5.42. The third kappa shape index (κ3) is 1.96. The molecule has 0 spiro atoms. The lowest BCUT2D eigenvalue weighted by molar-refractivity contribution is -0.137. The largest absolute Gasteiger partial charge is 0.489 e. The Morgan fingerprint density at radius 1 is 1.56 bits per heavy atom. The van der Waals surface area contributed by atoms with Crippen LogP contribution in [0, 0.1) is 0 Å². The first kappa shape index (κ1) is 10.8. The zero-order valence-electron chi connectivity index (χ0n) is 9.22. The number of aliphatic carboxylic acids is 1. The molecule has 4 heteroatoms. The Morgan fingerprint density at radius 3 is 3.00 bits per heavy atom. The number of anilines is 1. The molecular weight excluding hydrogens is 206 g/mol. The molecule has 1 aromatic rings. The fourth-order valence-electron chi connectivity index (χ4n) is 2.09. The van der Waals surface area contributed by atoms with Crippen molar-refractivity contribution in [3.8, 4) is 5.75 Å². The molecule has 1 aliphatic rings. The van der Waals surface area contributed by atoms with Crippen LogP contribution in [0.15, 0.2) is 24.3 Å². The first-order valence-corrected chi connectivity index (χ1v) is 5.42. The van der Waals surface area contributed by atoms with E-state index in [1.165, 1.54) is 0 Å². The third-order valence-corrected chi connectivity index (χ3v) is 2.80. The summed E-state index contributed by atoms with van der Waals surface area (Å²) in [5.74, 6) is 0.0532. The lowest BCUT2D eigenvalue weighted by Crippen LogP contribution is -2.44. The van der Waals surface area contributed by atoms with Gasteiger partial charge in [0.05, 0.1) is 18.2 Å². The quantitative estimate of drug-likeness (QED) is 0.844. The van der Waals surface area contributed by atoms with Crippen molar-refractivity contribution in [3.63, 3.8) is 0 Å². The molecule has 0 aromatic heterocycles. The van der Waals surface area contributed by atoms with E-state index >= 15 is 0 Å². The highest BCUT2D eigenvalue weighted by molar-refractivity contribution is 5.70. The number of hydrogen-bond donors (Lipinski definition) is 1. The van der Waals surface area contributed by atoms with Crippen LogP contribution in [0.4, 0.5) is 5.69 Å². The molecule has 1 N–H and O–H groups in total. The van der Waals surface area contributed by atoms with Crippen LogP contribution < -0.4 is 9.64 Å². The molecule has 1 aromatic carbocycles. The Labute approximate surface area is 94.4 Å². The molecular formula is C12H15NO3. The minimum absolute atomic E-state index is 0.0719. The van der Waals surface area contributed by atoms with Crippen LogP contribution in [0.3, 0.4) is 0 Å². The van der Waals surface area contributed by atoms with Crippen LogP contribution in [0.25, 0.3) is 0 Å². The van der Waals surface area contributed by atoms with Gasteiger partial charge in [0.1, 0.15) is 12.4 Å². The molecule has 0 bridgehead atoms. The highest BCUT2D eigenvalue weighted by Gasteiger charge is 2.27. The number of carboxylic acids is 1. The highest BCUT2D eigenvalue weighted by atomic mass is 16.5. The number of nitrogens with zero attached hydrogens (tertiary/aromatic N) is 1. The Morgan fingerprint density at radius 2 is 2.31 bits per heavy atom. The lowest BCUT2D eigenvalue weighted by atomic mass is 10.1. The topological polar surface area (TPSA) is 49.8 Å². The van der Waals surface area contributed by atoms with Crippen molar-refractivity contribution in [3.05, 3.63) is 24.3 Å². The zero-order valence-corrected chi connectivity index (χ0v) is 9.22. The zero-order chi connectivity index (χ0) is 11.5. The maximum Gasteiger partial charge on any atom is 0.305 e. The number of likely N-dealkylation sites (N-methyl/N-ethyl adjacent to an activating group) is 1. The van der Waals surface area contributed by atoms with Gasteiger partial charge >= 0.3 is 5.97 Å². The monoisotopic (exact) mass is 221 g/mol. The van der Waals surface area contributed by atoms with E-state index in [-0.39, 0.29) is 12.5 Å². The van der Waals surface area contributed by atoms with Gasteiger partial charge < -0.3 is 14.7 Å². The van der Waals surface area contributed by atoms with Gasteiger partial charge in [-0.15, -0.1) is 0 Å². The van der Waals surface area contributed by atoms with E-state index < -0.39 is 5.97 Å². The summed E-state index contributed by atoms with van der Waals surface area (Å²) >= 11 is 0. The summed E-state index contributed by atoms with van der Waals surface area (Å²) in [6, 6.07) is 7.66. The van der Waals surface area contributed by atoms with Crippen molar-refractivity contribution in [2.24, 2.45) is 0 Å². The van der Waals surface area contributed by atoms with Gasteiger partial charge in [-0.3, -0.25) is 4.79 Å². The molecule has 1 atom stereocenters. The third-order valence-electron chi connectivity index (χ3n) is 2.80. The minimum Gasteiger partial charge on any atom is -0.489 e. The van der Waals surface area contributed by atoms with Crippen LogP contribution in [0.1, 0.15) is 13.3 Å². The molecule has 2 rings (SSSR count). The SMILES string of the molecule is CCN1c2ccccc2OCC1CC(=O)O. The maximum atomic E-state index is 10.8.